The van der Waals surface area contributed by atoms with E-state index in [1.54, 1.807) is 7.05 Å². The fraction of sp³-hybridized carbons (Fsp3) is 0.133. The van der Waals surface area contributed by atoms with Crippen LogP contribution >= 0.6 is 0 Å². The van der Waals surface area contributed by atoms with Crippen molar-refractivity contribution in [2.45, 2.75) is 6.04 Å². The zero-order valence-electron chi connectivity index (χ0n) is 10.5. The first-order valence-electron chi connectivity index (χ1n) is 6.07. The molecule has 1 aromatic heterocycles. The van der Waals surface area contributed by atoms with Crippen LogP contribution in [0.1, 0.15) is 17.2 Å². The third-order valence-corrected chi connectivity index (χ3v) is 3.33. The molecule has 0 fully saturated rings. The number of rotatable bonds is 2. The molecule has 0 aliphatic heterocycles. The third kappa shape index (κ3) is 1.96. The Morgan fingerprint density at radius 3 is 2.58 bits per heavy atom. The second-order valence-electron chi connectivity index (χ2n) is 4.54. The molecule has 1 atom stereocenters. The highest BCUT2D eigenvalue weighted by molar-refractivity contribution is 5.74. The van der Waals surface area contributed by atoms with Gasteiger partial charge in [-0.1, -0.05) is 36.4 Å². The Bertz CT molecular complexity index is 772. The molecule has 0 aliphatic carbocycles. The molecule has 1 unspecified atom stereocenters. The smallest absolute Gasteiger partial charge is 0.408 e. The van der Waals surface area contributed by atoms with Crippen LogP contribution in [-0.2, 0) is 7.05 Å². The molecule has 4 nitrogen and oxygen atoms in total. The molecule has 0 saturated carbocycles. The maximum atomic E-state index is 11.5. The lowest BCUT2D eigenvalue weighted by molar-refractivity contribution is 0.527. The van der Waals surface area contributed by atoms with E-state index in [0.717, 1.165) is 16.6 Å². The molecule has 0 amide bonds. The maximum Gasteiger partial charge on any atom is 0.419 e. The first-order chi connectivity index (χ1) is 9.16. The molecule has 0 saturated heterocycles. The van der Waals surface area contributed by atoms with Gasteiger partial charge < -0.3 is 10.2 Å². The summed E-state index contributed by atoms with van der Waals surface area (Å²) in [6.45, 7) is 0. The van der Waals surface area contributed by atoms with Crippen molar-refractivity contribution in [2.75, 3.05) is 0 Å². The summed E-state index contributed by atoms with van der Waals surface area (Å²) in [6, 6.07) is 15.2. The minimum atomic E-state index is -0.361. The Kier molecular flexibility index (Phi) is 2.72. The van der Waals surface area contributed by atoms with E-state index in [4.69, 9.17) is 10.2 Å². The summed E-state index contributed by atoms with van der Waals surface area (Å²) in [4.78, 5) is 11.5. The SMILES string of the molecule is Cn1c(=O)oc2cc(C(N)c3ccccc3)ccc21. The quantitative estimate of drug-likeness (QED) is 0.762. The highest BCUT2D eigenvalue weighted by Gasteiger charge is 2.12. The summed E-state index contributed by atoms with van der Waals surface area (Å²) in [6.07, 6.45) is 0. The molecule has 0 radical (unpaired) electrons. The van der Waals surface area contributed by atoms with E-state index < -0.39 is 0 Å². The van der Waals surface area contributed by atoms with E-state index >= 15 is 0 Å². The van der Waals surface area contributed by atoms with Gasteiger partial charge in [0, 0.05) is 7.05 Å². The van der Waals surface area contributed by atoms with Gasteiger partial charge in [-0.15, -0.1) is 0 Å². The maximum absolute atomic E-state index is 11.5. The molecule has 1 heterocycles. The number of nitrogens with two attached hydrogens (primary N) is 1. The zero-order valence-corrected chi connectivity index (χ0v) is 10.5. The van der Waals surface area contributed by atoms with Gasteiger partial charge in [0.2, 0.25) is 0 Å². The number of fused-ring (bicyclic) bond motifs is 1. The molecule has 3 aromatic rings. The topological polar surface area (TPSA) is 61.2 Å². The molecule has 3 rings (SSSR count). The van der Waals surface area contributed by atoms with Gasteiger partial charge in [-0.3, -0.25) is 4.57 Å². The van der Waals surface area contributed by atoms with Gasteiger partial charge in [-0.25, -0.2) is 4.79 Å². The number of hydrogen-bond acceptors (Lipinski definition) is 3. The largest absolute Gasteiger partial charge is 0.419 e. The van der Waals surface area contributed by atoms with Crippen LogP contribution in [0.4, 0.5) is 0 Å². The predicted molar refractivity (Wildman–Crippen MR) is 73.9 cm³/mol. The minimum Gasteiger partial charge on any atom is -0.408 e. The van der Waals surface area contributed by atoms with Gasteiger partial charge in [-0.2, -0.15) is 0 Å². The van der Waals surface area contributed by atoms with Gasteiger partial charge in [0.05, 0.1) is 11.6 Å². The highest BCUT2D eigenvalue weighted by atomic mass is 16.4. The van der Waals surface area contributed by atoms with E-state index in [2.05, 4.69) is 0 Å². The van der Waals surface area contributed by atoms with Crippen LogP contribution in [0.25, 0.3) is 11.1 Å². The second kappa shape index (κ2) is 4.40. The van der Waals surface area contributed by atoms with E-state index in [1.165, 1.54) is 4.57 Å². The Balaban J connectivity index is 2.09. The van der Waals surface area contributed by atoms with Crippen molar-refractivity contribution in [2.24, 2.45) is 12.8 Å². The molecule has 0 spiro atoms. The van der Waals surface area contributed by atoms with Gasteiger partial charge in [0.1, 0.15) is 0 Å². The first kappa shape index (κ1) is 11.7. The lowest BCUT2D eigenvalue weighted by Crippen LogP contribution is -2.11. The monoisotopic (exact) mass is 254 g/mol. The molecule has 19 heavy (non-hydrogen) atoms. The van der Waals surface area contributed by atoms with Crippen LogP contribution < -0.4 is 11.5 Å². The summed E-state index contributed by atoms with van der Waals surface area (Å²) < 4.78 is 6.66. The van der Waals surface area contributed by atoms with E-state index in [1.807, 2.05) is 48.5 Å². The standard InChI is InChI=1S/C15H14N2O2/c1-17-12-8-7-11(9-13(12)19-15(17)18)14(16)10-5-3-2-4-6-10/h2-9,14H,16H2,1H3. The number of benzene rings is 2. The normalized spacial score (nSPS) is 12.7. The number of oxazole rings is 1. The Hall–Kier alpha value is -2.33. The first-order valence-corrected chi connectivity index (χ1v) is 6.07. The van der Waals surface area contributed by atoms with E-state index in [0.29, 0.717) is 5.58 Å². The van der Waals surface area contributed by atoms with Crippen LogP contribution in [0.2, 0.25) is 0 Å². The lowest BCUT2D eigenvalue weighted by atomic mass is 9.99. The van der Waals surface area contributed by atoms with Gasteiger partial charge in [0.25, 0.3) is 0 Å². The zero-order chi connectivity index (χ0) is 13.4. The number of aromatic nitrogens is 1. The second-order valence-corrected chi connectivity index (χ2v) is 4.54. The van der Waals surface area contributed by atoms with Crippen LogP contribution in [0.15, 0.2) is 57.7 Å². The number of aryl methyl sites for hydroxylation is 1. The average Bonchev–Trinajstić information content (AvgIpc) is 2.74. The van der Waals surface area contributed by atoms with Crippen LogP contribution in [0.3, 0.4) is 0 Å². The van der Waals surface area contributed by atoms with Gasteiger partial charge in [0.15, 0.2) is 5.58 Å². The Morgan fingerprint density at radius 1 is 1.11 bits per heavy atom. The fourth-order valence-electron chi connectivity index (χ4n) is 2.20. The van der Waals surface area contributed by atoms with Crippen molar-refractivity contribution in [3.63, 3.8) is 0 Å². The molecule has 2 aromatic carbocycles. The van der Waals surface area contributed by atoms with Crippen molar-refractivity contribution < 1.29 is 4.42 Å². The molecule has 4 heteroatoms. The van der Waals surface area contributed by atoms with E-state index in [9.17, 15) is 4.79 Å². The third-order valence-electron chi connectivity index (χ3n) is 3.33. The summed E-state index contributed by atoms with van der Waals surface area (Å²) in [5.74, 6) is -0.361. The number of nitrogens with zero attached hydrogens (tertiary/aromatic N) is 1. The highest BCUT2D eigenvalue weighted by Crippen LogP contribution is 2.23. The van der Waals surface area contributed by atoms with Crippen molar-refractivity contribution >= 4 is 11.1 Å². The van der Waals surface area contributed by atoms with Crippen LogP contribution in [0.5, 0.6) is 0 Å². The van der Waals surface area contributed by atoms with Gasteiger partial charge in [-0.05, 0) is 23.3 Å². The Labute approximate surface area is 110 Å². The molecule has 2 N–H and O–H groups in total. The molecule has 96 valence electrons. The molecule has 0 bridgehead atoms. The van der Waals surface area contributed by atoms with Crippen molar-refractivity contribution in [1.82, 2.24) is 4.57 Å². The Morgan fingerprint density at radius 2 is 1.84 bits per heavy atom. The summed E-state index contributed by atoms with van der Waals surface area (Å²) in [5, 5.41) is 0. The summed E-state index contributed by atoms with van der Waals surface area (Å²) >= 11 is 0. The molecular weight excluding hydrogens is 240 g/mol. The summed E-state index contributed by atoms with van der Waals surface area (Å²) in [7, 11) is 1.69. The molecule has 0 aliphatic rings. The fourth-order valence-corrected chi connectivity index (χ4v) is 2.20. The van der Waals surface area contributed by atoms with Gasteiger partial charge >= 0.3 is 5.76 Å². The number of hydrogen-bond donors (Lipinski definition) is 1. The van der Waals surface area contributed by atoms with Crippen molar-refractivity contribution in [1.29, 1.82) is 0 Å². The van der Waals surface area contributed by atoms with Crippen LogP contribution in [0, 0.1) is 0 Å². The summed E-state index contributed by atoms with van der Waals surface area (Å²) in [5.41, 5.74) is 9.52. The average molecular weight is 254 g/mol. The molecular formula is C15H14N2O2. The van der Waals surface area contributed by atoms with E-state index in [-0.39, 0.29) is 11.8 Å². The van der Waals surface area contributed by atoms with Crippen molar-refractivity contribution in [3.05, 3.63) is 70.2 Å². The van der Waals surface area contributed by atoms with Crippen LogP contribution in [-0.4, -0.2) is 4.57 Å². The van der Waals surface area contributed by atoms with Crippen molar-refractivity contribution in [3.8, 4) is 0 Å². The predicted octanol–water partition coefficient (Wildman–Crippen LogP) is 2.18. The lowest BCUT2D eigenvalue weighted by Gasteiger charge is -2.12. The minimum absolute atomic E-state index is 0.226.